The molecular formula is C61H118O5. The molecule has 0 fully saturated rings. The largest absolute Gasteiger partial charge is 0.462 e. The van der Waals surface area contributed by atoms with Crippen molar-refractivity contribution in [2.45, 2.75) is 348 Å². The number of unbranched alkanes of at least 4 members (excludes halogenated alkanes) is 44. The standard InChI is InChI=1S/C61H118O5/c1-4-7-10-13-16-19-22-24-26-28-30-32-34-36-38-41-44-47-50-53-56-64-57-59(66-61(63)55-52-49-46-43-39-21-18-15-12-9-6-3)58-65-60(62)54-51-48-45-42-40-37-35-33-31-29-27-25-23-20-17-14-11-8-5-2/h25,27,59H,4-24,26,28-58H2,1-3H3/b27-25-. The number of hydrogen-bond donors (Lipinski definition) is 0. The average molecular weight is 932 g/mol. The third kappa shape index (κ3) is 55.2. The Hall–Kier alpha value is -1.36. The van der Waals surface area contributed by atoms with Gasteiger partial charge >= 0.3 is 11.9 Å². The van der Waals surface area contributed by atoms with Crippen molar-refractivity contribution >= 4 is 11.9 Å². The van der Waals surface area contributed by atoms with E-state index in [-0.39, 0.29) is 18.5 Å². The lowest BCUT2D eigenvalue weighted by atomic mass is 10.0. The summed E-state index contributed by atoms with van der Waals surface area (Å²) in [6.07, 6.45) is 68.1. The van der Waals surface area contributed by atoms with Crippen molar-refractivity contribution in [3.05, 3.63) is 12.2 Å². The molecule has 0 rings (SSSR count). The highest BCUT2D eigenvalue weighted by Gasteiger charge is 2.18. The highest BCUT2D eigenvalue weighted by molar-refractivity contribution is 5.70. The van der Waals surface area contributed by atoms with Crippen molar-refractivity contribution in [2.24, 2.45) is 0 Å². The minimum atomic E-state index is -0.527. The normalized spacial score (nSPS) is 12.1. The number of carbonyl (C=O) groups excluding carboxylic acids is 2. The first kappa shape index (κ1) is 64.6. The lowest BCUT2D eigenvalue weighted by Crippen LogP contribution is -2.30. The van der Waals surface area contributed by atoms with Gasteiger partial charge in [0.25, 0.3) is 0 Å². The molecule has 0 aliphatic carbocycles. The Kier molecular flexibility index (Phi) is 56.8. The van der Waals surface area contributed by atoms with Gasteiger partial charge in [0, 0.05) is 19.4 Å². The van der Waals surface area contributed by atoms with Crippen molar-refractivity contribution < 1.29 is 23.8 Å². The highest BCUT2D eigenvalue weighted by atomic mass is 16.6. The SMILES string of the molecule is CCCCCCCC/C=C\CCCCCCCCCCCC(=O)OCC(COCCCCCCCCCCCCCCCCCCCCCC)OC(=O)CCCCCCCCCCCCC. The van der Waals surface area contributed by atoms with Crippen LogP contribution in [-0.4, -0.2) is 37.9 Å². The summed E-state index contributed by atoms with van der Waals surface area (Å²) in [4.78, 5) is 25.5. The van der Waals surface area contributed by atoms with Gasteiger partial charge in [0.2, 0.25) is 0 Å². The Labute approximate surface area is 414 Å². The molecule has 0 saturated heterocycles. The van der Waals surface area contributed by atoms with Crippen LogP contribution in [0.25, 0.3) is 0 Å². The molecule has 0 heterocycles. The van der Waals surface area contributed by atoms with Crippen molar-refractivity contribution in [1.82, 2.24) is 0 Å². The molecular weight excluding hydrogens is 813 g/mol. The van der Waals surface area contributed by atoms with Crippen LogP contribution in [0.2, 0.25) is 0 Å². The zero-order chi connectivity index (χ0) is 47.7. The van der Waals surface area contributed by atoms with Gasteiger partial charge in [-0.05, 0) is 44.9 Å². The first-order valence-corrected chi connectivity index (χ1v) is 30.2. The number of carbonyl (C=O) groups is 2. The highest BCUT2D eigenvalue weighted by Crippen LogP contribution is 2.17. The van der Waals surface area contributed by atoms with Gasteiger partial charge < -0.3 is 14.2 Å². The Morgan fingerprint density at radius 1 is 0.318 bits per heavy atom. The molecule has 0 amide bonds. The van der Waals surface area contributed by atoms with Crippen LogP contribution in [-0.2, 0) is 23.8 Å². The summed E-state index contributed by atoms with van der Waals surface area (Å²) in [5, 5.41) is 0. The number of hydrogen-bond acceptors (Lipinski definition) is 5. The number of esters is 2. The smallest absolute Gasteiger partial charge is 0.306 e. The molecule has 0 aromatic carbocycles. The summed E-state index contributed by atoms with van der Waals surface area (Å²) < 4.78 is 17.5. The summed E-state index contributed by atoms with van der Waals surface area (Å²) in [5.74, 6) is -0.374. The molecule has 0 aromatic heterocycles. The van der Waals surface area contributed by atoms with Gasteiger partial charge in [0.05, 0.1) is 6.61 Å². The van der Waals surface area contributed by atoms with E-state index in [0.717, 1.165) is 32.1 Å². The molecule has 5 heteroatoms. The summed E-state index contributed by atoms with van der Waals surface area (Å²) >= 11 is 0. The molecule has 0 saturated carbocycles. The Morgan fingerprint density at radius 2 is 0.591 bits per heavy atom. The molecule has 66 heavy (non-hydrogen) atoms. The van der Waals surface area contributed by atoms with Crippen LogP contribution in [0.15, 0.2) is 12.2 Å². The molecule has 0 radical (unpaired) electrons. The molecule has 1 atom stereocenters. The van der Waals surface area contributed by atoms with Crippen LogP contribution in [0.4, 0.5) is 0 Å². The fourth-order valence-electron chi connectivity index (χ4n) is 9.27. The molecule has 0 aliphatic rings. The summed E-state index contributed by atoms with van der Waals surface area (Å²) in [6, 6.07) is 0. The number of allylic oxidation sites excluding steroid dienone is 2. The maximum Gasteiger partial charge on any atom is 0.306 e. The summed E-state index contributed by atoms with van der Waals surface area (Å²) in [6.45, 7) is 7.90. The minimum Gasteiger partial charge on any atom is -0.462 e. The van der Waals surface area contributed by atoms with Crippen molar-refractivity contribution in [3.63, 3.8) is 0 Å². The predicted molar refractivity (Wildman–Crippen MR) is 289 cm³/mol. The van der Waals surface area contributed by atoms with Crippen molar-refractivity contribution in [2.75, 3.05) is 19.8 Å². The van der Waals surface area contributed by atoms with Crippen LogP contribution in [0, 0.1) is 0 Å². The fourth-order valence-corrected chi connectivity index (χ4v) is 9.27. The van der Waals surface area contributed by atoms with Gasteiger partial charge in [-0.1, -0.05) is 296 Å². The van der Waals surface area contributed by atoms with Crippen LogP contribution >= 0.6 is 0 Å². The predicted octanol–water partition coefficient (Wildman–Crippen LogP) is 20.6. The van der Waals surface area contributed by atoms with Crippen LogP contribution in [0.3, 0.4) is 0 Å². The Bertz CT molecular complexity index is 963. The van der Waals surface area contributed by atoms with E-state index in [0.29, 0.717) is 26.1 Å². The number of rotatable bonds is 57. The molecule has 0 aromatic rings. The molecule has 0 N–H and O–H groups in total. The van der Waals surface area contributed by atoms with Crippen molar-refractivity contribution in [1.29, 1.82) is 0 Å². The second-order valence-corrected chi connectivity index (χ2v) is 20.6. The lowest BCUT2D eigenvalue weighted by Gasteiger charge is -2.18. The average Bonchev–Trinajstić information content (AvgIpc) is 3.32. The van der Waals surface area contributed by atoms with Crippen LogP contribution in [0.1, 0.15) is 342 Å². The van der Waals surface area contributed by atoms with Gasteiger partial charge in [-0.2, -0.15) is 0 Å². The summed E-state index contributed by atoms with van der Waals surface area (Å²) in [5.41, 5.74) is 0. The zero-order valence-corrected chi connectivity index (χ0v) is 45.2. The van der Waals surface area contributed by atoms with E-state index < -0.39 is 6.10 Å². The monoisotopic (exact) mass is 931 g/mol. The first-order chi connectivity index (χ1) is 32.6. The van der Waals surface area contributed by atoms with E-state index in [1.54, 1.807) is 0 Å². The minimum absolute atomic E-state index is 0.0942. The number of ether oxygens (including phenoxy) is 3. The Morgan fingerprint density at radius 3 is 0.924 bits per heavy atom. The van der Waals surface area contributed by atoms with Gasteiger partial charge in [-0.25, -0.2) is 0 Å². The third-order valence-electron chi connectivity index (χ3n) is 13.8. The van der Waals surface area contributed by atoms with E-state index in [4.69, 9.17) is 14.2 Å². The topological polar surface area (TPSA) is 61.8 Å². The molecule has 0 spiro atoms. The maximum absolute atomic E-state index is 12.8. The molecule has 5 nitrogen and oxygen atoms in total. The fraction of sp³-hybridized carbons (Fsp3) is 0.934. The lowest BCUT2D eigenvalue weighted by molar-refractivity contribution is -0.163. The second kappa shape index (κ2) is 58.0. The van der Waals surface area contributed by atoms with Gasteiger partial charge in [0.15, 0.2) is 6.10 Å². The third-order valence-corrected chi connectivity index (χ3v) is 13.8. The molecule has 392 valence electrons. The van der Waals surface area contributed by atoms with Crippen molar-refractivity contribution in [3.8, 4) is 0 Å². The van der Waals surface area contributed by atoms with E-state index in [2.05, 4.69) is 32.9 Å². The molecule has 0 bridgehead atoms. The molecule has 1 unspecified atom stereocenters. The second-order valence-electron chi connectivity index (χ2n) is 20.6. The summed E-state index contributed by atoms with van der Waals surface area (Å²) in [7, 11) is 0. The maximum atomic E-state index is 12.8. The quantitative estimate of drug-likeness (QED) is 0.0345. The molecule has 0 aliphatic heterocycles. The van der Waals surface area contributed by atoms with E-state index >= 15 is 0 Å². The zero-order valence-electron chi connectivity index (χ0n) is 45.2. The van der Waals surface area contributed by atoms with E-state index in [9.17, 15) is 9.59 Å². The first-order valence-electron chi connectivity index (χ1n) is 30.2. The van der Waals surface area contributed by atoms with Gasteiger partial charge in [0.1, 0.15) is 6.61 Å². The van der Waals surface area contributed by atoms with E-state index in [1.807, 2.05) is 0 Å². The Balaban J connectivity index is 4.12. The van der Waals surface area contributed by atoms with Gasteiger partial charge in [-0.3, -0.25) is 9.59 Å². The van der Waals surface area contributed by atoms with E-state index in [1.165, 1.54) is 276 Å². The van der Waals surface area contributed by atoms with Gasteiger partial charge in [-0.15, -0.1) is 0 Å². The van der Waals surface area contributed by atoms with Crippen LogP contribution < -0.4 is 0 Å². The van der Waals surface area contributed by atoms with Crippen LogP contribution in [0.5, 0.6) is 0 Å².